The predicted molar refractivity (Wildman–Crippen MR) is 69.1 cm³/mol. The first-order valence-electron chi connectivity index (χ1n) is 5.80. The summed E-state index contributed by atoms with van der Waals surface area (Å²) in [6.07, 6.45) is 0. The summed E-state index contributed by atoms with van der Waals surface area (Å²) < 4.78 is 41.5. The van der Waals surface area contributed by atoms with Gasteiger partial charge in [0.05, 0.1) is 0 Å². The molecule has 0 saturated heterocycles. The van der Waals surface area contributed by atoms with Gasteiger partial charge in [-0.25, -0.2) is 4.39 Å². The van der Waals surface area contributed by atoms with E-state index in [4.69, 9.17) is 5.11 Å². The van der Waals surface area contributed by atoms with E-state index in [-0.39, 0.29) is 17.0 Å². The number of halogens is 3. The molecule has 7 heteroatoms. The van der Waals surface area contributed by atoms with E-state index in [1.165, 1.54) is 24.3 Å². The molecule has 0 bridgehead atoms. The van der Waals surface area contributed by atoms with Crippen molar-refractivity contribution in [2.75, 3.05) is 5.32 Å². The molecule has 0 aliphatic heterocycles. The Labute approximate surface area is 117 Å². The van der Waals surface area contributed by atoms with Crippen LogP contribution in [0, 0.1) is 5.82 Å². The summed E-state index contributed by atoms with van der Waals surface area (Å²) >= 11 is 0. The molecule has 2 aromatic carbocycles. The third-order valence-electron chi connectivity index (χ3n) is 2.53. The number of hydrogen-bond donors (Lipinski definition) is 2. The lowest BCUT2D eigenvalue weighted by molar-refractivity contribution is -0.0498. The molecule has 2 aromatic rings. The van der Waals surface area contributed by atoms with Crippen LogP contribution in [0.25, 0.3) is 0 Å². The number of nitrogens with one attached hydrogen (secondary N) is 1. The smallest absolute Gasteiger partial charge is 0.387 e. The minimum Gasteiger partial charge on any atom is -0.505 e. The molecule has 110 valence electrons. The Hall–Kier alpha value is -2.70. The number of benzene rings is 2. The number of phenolic OH excluding ortho intramolecular Hbond substituents is 1. The van der Waals surface area contributed by atoms with Crippen LogP contribution in [0.3, 0.4) is 0 Å². The maximum atomic E-state index is 13.1. The Morgan fingerprint density at radius 1 is 1.19 bits per heavy atom. The fourth-order valence-electron chi connectivity index (χ4n) is 1.60. The summed E-state index contributed by atoms with van der Waals surface area (Å²) in [4.78, 5) is 11.9. The Kier molecular flexibility index (Phi) is 4.32. The van der Waals surface area contributed by atoms with E-state index in [1.807, 2.05) is 0 Å². The molecule has 0 unspecified atom stereocenters. The molecule has 0 fully saturated rings. The zero-order chi connectivity index (χ0) is 15.4. The molecule has 0 spiro atoms. The molecular weight excluding hydrogens is 287 g/mol. The van der Waals surface area contributed by atoms with Gasteiger partial charge in [-0.3, -0.25) is 4.79 Å². The van der Waals surface area contributed by atoms with Gasteiger partial charge in [-0.05, 0) is 30.3 Å². The van der Waals surface area contributed by atoms with Gasteiger partial charge in [-0.15, -0.1) is 0 Å². The third-order valence-corrected chi connectivity index (χ3v) is 2.53. The molecule has 0 atom stereocenters. The molecule has 0 saturated carbocycles. The van der Waals surface area contributed by atoms with Crippen LogP contribution in [0.15, 0.2) is 42.5 Å². The van der Waals surface area contributed by atoms with Crippen molar-refractivity contribution in [1.29, 1.82) is 0 Å². The van der Waals surface area contributed by atoms with Gasteiger partial charge in [-0.1, -0.05) is 6.07 Å². The van der Waals surface area contributed by atoms with E-state index in [2.05, 4.69) is 10.1 Å². The van der Waals surface area contributed by atoms with Gasteiger partial charge in [0.15, 0.2) is 11.6 Å². The number of amides is 1. The zero-order valence-electron chi connectivity index (χ0n) is 10.5. The van der Waals surface area contributed by atoms with Gasteiger partial charge < -0.3 is 15.2 Å². The van der Waals surface area contributed by atoms with Gasteiger partial charge in [-0.2, -0.15) is 8.78 Å². The first kappa shape index (κ1) is 14.7. The van der Waals surface area contributed by atoms with Crippen LogP contribution in [0.1, 0.15) is 10.4 Å². The van der Waals surface area contributed by atoms with E-state index in [1.54, 1.807) is 0 Å². The maximum Gasteiger partial charge on any atom is 0.387 e. The van der Waals surface area contributed by atoms with Gasteiger partial charge >= 0.3 is 6.61 Å². The fourth-order valence-corrected chi connectivity index (χ4v) is 1.60. The predicted octanol–water partition coefficient (Wildman–Crippen LogP) is 3.39. The minimum atomic E-state index is -2.99. The van der Waals surface area contributed by atoms with E-state index < -0.39 is 24.1 Å². The number of alkyl halides is 2. The standard InChI is InChI=1S/C14H10F3NO3/c15-11-7-9(4-5-12(11)19)18-13(20)8-2-1-3-10(6-8)21-14(16)17/h1-7,14,19H,(H,18,20). The molecule has 0 radical (unpaired) electrons. The largest absolute Gasteiger partial charge is 0.505 e. The second-order valence-corrected chi connectivity index (χ2v) is 4.03. The number of phenols is 1. The first-order chi connectivity index (χ1) is 9.95. The van der Waals surface area contributed by atoms with Crippen LogP contribution < -0.4 is 10.1 Å². The molecule has 21 heavy (non-hydrogen) atoms. The number of carbonyl (C=O) groups is 1. The van der Waals surface area contributed by atoms with E-state index in [9.17, 15) is 18.0 Å². The summed E-state index contributed by atoms with van der Waals surface area (Å²) in [5.74, 6) is -2.21. The molecule has 0 heterocycles. The summed E-state index contributed by atoms with van der Waals surface area (Å²) in [5, 5.41) is 11.4. The maximum absolute atomic E-state index is 13.1. The lowest BCUT2D eigenvalue weighted by atomic mass is 10.2. The molecule has 4 nitrogen and oxygen atoms in total. The van der Waals surface area contributed by atoms with Crippen LogP contribution in [0.2, 0.25) is 0 Å². The Bertz CT molecular complexity index is 662. The number of carbonyl (C=O) groups excluding carboxylic acids is 1. The third kappa shape index (κ3) is 3.88. The molecule has 0 aliphatic rings. The van der Waals surface area contributed by atoms with Gasteiger partial charge in [0.2, 0.25) is 0 Å². The van der Waals surface area contributed by atoms with Crippen LogP contribution >= 0.6 is 0 Å². The van der Waals surface area contributed by atoms with E-state index >= 15 is 0 Å². The number of rotatable bonds is 4. The lowest BCUT2D eigenvalue weighted by Crippen LogP contribution is -2.12. The molecule has 0 aliphatic carbocycles. The number of aromatic hydroxyl groups is 1. The number of ether oxygens (including phenoxy) is 1. The normalized spacial score (nSPS) is 10.5. The Balaban J connectivity index is 2.14. The average Bonchev–Trinajstić information content (AvgIpc) is 2.42. The molecule has 2 rings (SSSR count). The van der Waals surface area contributed by atoms with Crippen LogP contribution in [-0.2, 0) is 0 Å². The average molecular weight is 297 g/mol. The van der Waals surface area contributed by atoms with Gasteiger partial charge in [0.25, 0.3) is 5.91 Å². The quantitative estimate of drug-likeness (QED) is 0.850. The minimum absolute atomic E-state index is 0.0710. The highest BCUT2D eigenvalue weighted by Gasteiger charge is 2.11. The molecule has 1 amide bonds. The van der Waals surface area contributed by atoms with E-state index in [0.717, 1.165) is 18.2 Å². The topological polar surface area (TPSA) is 58.6 Å². The molecule has 2 N–H and O–H groups in total. The SMILES string of the molecule is O=C(Nc1ccc(O)c(F)c1)c1cccc(OC(F)F)c1. The molecular formula is C14H10F3NO3. The van der Waals surface area contributed by atoms with Crippen molar-refractivity contribution in [1.82, 2.24) is 0 Å². The van der Waals surface area contributed by atoms with Crippen molar-refractivity contribution >= 4 is 11.6 Å². The van der Waals surface area contributed by atoms with Crippen molar-refractivity contribution in [3.8, 4) is 11.5 Å². The number of hydrogen-bond acceptors (Lipinski definition) is 3. The lowest BCUT2D eigenvalue weighted by Gasteiger charge is -2.08. The second kappa shape index (κ2) is 6.17. The summed E-state index contributed by atoms with van der Waals surface area (Å²) in [7, 11) is 0. The summed E-state index contributed by atoms with van der Waals surface area (Å²) in [6, 6.07) is 8.51. The van der Waals surface area contributed by atoms with E-state index in [0.29, 0.717) is 0 Å². The Morgan fingerprint density at radius 2 is 1.95 bits per heavy atom. The first-order valence-corrected chi connectivity index (χ1v) is 5.80. The number of anilines is 1. The highest BCUT2D eigenvalue weighted by molar-refractivity contribution is 6.04. The zero-order valence-corrected chi connectivity index (χ0v) is 10.5. The summed E-state index contributed by atoms with van der Waals surface area (Å²) in [5.41, 5.74) is 0.192. The van der Waals surface area contributed by atoms with Crippen molar-refractivity contribution in [2.45, 2.75) is 6.61 Å². The highest BCUT2D eigenvalue weighted by atomic mass is 19.3. The van der Waals surface area contributed by atoms with Crippen LogP contribution in [0.5, 0.6) is 11.5 Å². The van der Waals surface area contributed by atoms with Crippen LogP contribution in [-0.4, -0.2) is 17.6 Å². The Morgan fingerprint density at radius 3 is 2.62 bits per heavy atom. The van der Waals surface area contributed by atoms with Gasteiger partial charge in [0, 0.05) is 17.3 Å². The molecule has 0 aromatic heterocycles. The highest BCUT2D eigenvalue weighted by Crippen LogP contribution is 2.21. The summed E-state index contributed by atoms with van der Waals surface area (Å²) in [6.45, 7) is -2.99. The van der Waals surface area contributed by atoms with Crippen molar-refractivity contribution < 1.29 is 27.8 Å². The van der Waals surface area contributed by atoms with Crippen molar-refractivity contribution in [3.05, 3.63) is 53.8 Å². The monoisotopic (exact) mass is 297 g/mol. The van der Waals surface area contributed by atoms with Crippen molar-refractivity contribution in [3.63, 3.8) is 0 Å². The fraction of sp³-hybridized carbons (Fsp3) is 0.0714. The van der Waals surface area contributed by atoms with Crippen LogP contribution in [0.4, 0.5) is 18.9 Å². The van der Waals surface area contributed by atoms with Crippen molar-refractivity contribution in [2.24, 2.45) is 0 Å². The second-order valence-electron chi connectivity index (χ2n) is 4.03. The van der Waals surface area contributed by atoms with Gasteiger partial charge in [0.1, 0.15) is 5.75 Å².